The van der Waals surface area contributed by atoms with Crippen molar-refractivity contribution in [1.82, 2.24) is 9.97 Å². The number of hydrogen-bond donors (Lipinski definition) is 2. The molecule has 0 fully saturated rings. The van der Waals surface area contributed by atoms with E-state index in [1.807, 2.05) is 30.7 Å². The van der Waals surface area contributed by atoms with Gasteiger partial charge in [-0.1, -0.05) is 0 Å². The van der Waals surface area contributed by atoms with Crippen molar-refractivity contribution >= 4 is 16.6 Å². The van der Waals surface area contributed by atoms with E-state index in [4.69, 9.17) is 0 Å². The lowest BCUT2D eigenvalue weighted by molar-refractivity contribution is 1.13. The number of nitrogens with zero attached hydrogens (tertiary/aromatic N) is 1. The van der Waals surface area contributed by atoms with Crippen molar-refractivity contribution in [3.05, 3.63) is 60.6 Å². The maximum atomic E-state index is 4.00. The minimum absolute atomic E-state index is 0.818. The lowest BCUT2D eigenvalue weighted by atomic mass is 10.2. The second-order valence-corrected chi connectivity index (χ2v) is 3.99. The average Bonchev–Trinajstić information content (AvgIpc) is 2.85. The number of hydrogen-bond acceptors (Lipinski definition) is 2. The van der Waals surface area contributed by atoms with Crippen LogP contribution in [0.25, 0.3) is 10.9 Å². The zero-order valence-corrected chi connectivity index (χ0v) is 9.35. The van der Waals surface area contributed by atoms with E-state index < -0.39 is 0 Å². The molecule has 0 spiro atoms. The summed E-state index contributed by atoms with van der Waals surface area (Å²) in [4.78, 5) is 7.19. The monoisotopic (exact) mass is 223 g/mol. The highest BCUT2D eigenvalue weighted by Gasteiger charge is 1.97. The summed E-state index contributed by atoms with van der Waals surface area (Å²) in [5, 5.41) is 4.63. The van der Waals surface area contributed by atoms with Crippen LogP contribution >= 0.6 is 0 Å². The quantitative estimate of drug-likeness (QED) is 0.716. The summed E-state index contributed by atoms with van der Waals surface area (Å²) in [7, 11) is 0. The van der Waals surface area contributed by atoms with Crippen molar-refractivity contribution in [1.29, 1.82) is 0 Å². The predicted octanol–water partition coefficient (Wildman–Crippen LogP) is 3.18. The lowest BCUT2D eigenvalue weighted by Crippen LogP contribution is -1.98. The molecule has 0 aliphatic heterocycles. The van der Waals surface area contributed by atoms with E-state index in [9.17, 15) is 0 Å². The van der Waals surface area contributed by atoms with Crippen LogP contribution in [0.4, 0.5) is 5.69 Å². The Morgan fingerprint density at radius 3 is 2.82 bits per heavy atom. The normalized spacial score (nSPS) is 10.6. The smallest absolute Gasteiger partial charge is 0.0455 e. The summed E-state index contributed by atoms with van der Waals surface area (Å²) in [6.45, 7) is 0.818. The third-order valence-corrected chi connectivity index (χ3v) is 2.80. The maximum Gasteiger partial charge on any atom is 0.0455 e. The molecule has 2 heterocycles. The Hall–Kier alpha value is -2.29. The maximum absolute atomic E-state index is 4.00. The Morgan fingerprint density at radius 2 is 1.94 bits per heavy atom. The summed E-state index contributed by atoms with van der Waals surface area (Å²) in [6.07, 6.45) is 5.58. The topological polar surface area (TPSA) is 40.7 Å². The number of aromatic amines is 1. The van der Waals surface area contributed by atoms with Crippen molar-refractivity contribution in [2.24, 2.45) is 0 Å². The zero-order valence-electron chi connectivity index (χ0n) is 9.35. The highest BCUT2D eigenvalue weighted by atomic mass is 14.9. The van der Waals surface area contributed by atoms with E-state index in [2.05, 4.69) is 39.6 Å². The average molecular weight is 223 g/mol. The Balaban J connectivity index is 1.76. The molecule has 0 saturated carbocycles. The molecule has 1 aromatic carbocycles. The molecule has 0 amide bonds. The number of benzene rings is 1. The van der Waals surface area contributed by atoms with Gasteiger partial charge < -0.3 is 10.3 Å². The van der Waals surface area contributed by atoms with E-state index in [1.54, 1.807) is 0 Å². The number of rotatable bonds is 3. The molecule has 0 aliphatic rings. The first kappa shape index (κ1) is 9.90. The first-order valence-electron chi connectivity index (χ1n) is 5.62. The van der Waals surface area contributed by atoms with E-state index in [0.29, 0.717) is 0 Å². The Morgan fingerprint density at radius 1 is 1.06 bits per heavy atom. The van der Waals surface area contributed by atoms with Gasteiger partial charge >= 0.3 is 0 Å². The summed E-state index contributed by atoms with van der Waals surface area (Å²) >= 11 is 0. The fourth-order valence-electron chi connectivity index (χ4n) is 1.87. The van der Waals surface area contributed by atoms with Gasteiger partial charge in [-0.05, 0) is 42.0 Å². The molecule has 0 aliphatic carbocycles. The summed E-state index contributed by atoms with van der Waals surface area (Å²) in [5.41, 5.74) is 3.53. The van der Waals surface area contributed by atoms with Crippen LogP contribution in [0.5, 0.6) is 0 Å². The summed E-state index contributed by atoms with van der Waals surface area (Å²) in [5.74, 6) is 0. The van der Waals surface area contributed by atoms with Crippen LogP contribution in [0.15, 0.2) is 55.0 Å². The van der Waals surface area contributed by atoms with Gasteiger partial charge in [0.05, 0.1) is 0 Å². The molecule has 17 heavy (non-hydrogen) atoms. The Bertz CT molecular complexity index is 613. The number of pyridine rings is 1. The van der Waals surface area contributed by atoms with Crippen LogP contribution < -0.4 is 5.32 Å². The second kappa shape index (κ2) is 4.29. The number of nitrogens with one attached hydrogen (secondary N) is 2. The summed E-state index contributed by atoms with van der Waals surface area (Å²) < 4.78 is 0. The number of H-pyrrole nitrogens is 1. The molecule has 3 rings (SSSR count). The predicted molar refractivity (Wildman–Crippen MR) is 69.9 cm³/mol. The van der Waals surface area contributed by atoms with Crippen LogP contribution in [0, 0.1) is 0 Å². The molecular formula is C14H13N3. The first-order chi connectivity index (χ1) is 8.42. The Kier molecular flexibility index (Phi) is 2.50. The molecule has 0 unspecified atom stereocenters. The fourth-order valence-corrected chi connectivity index (χ4v) is 1.87. The van der Waals surface area contributed by atoms with Gasteiger partial charge in [-0.3, -0.25) is 4.98 Å². The largest absolute Gasteiger partial charge is 0.381 e. The zero-order chi connectivity index (χ0) is 11.5. The van der Waals surface area contributed by atoms with E-state index in [0.717, 1.165) is 12.2 Å². The van der Waals surface area contributed by atoms with Crippen LogP contribution in [0.1, 0.15) is 5.56 Å². The van der Waals surface area contributed by atoms with Gasteiger partial charge in [0.1, 0.15) is 0 Å². The molecule has 3 heteroatoms. The number of fused-ring (bicyclic) bond motifs is 1. The summed E-state index contributed by atoms with van der Waals surface area (Å²) in [6, 6.07) is 12.4. The molecule has 0 saturated heterocycles. The number of anilines is 1. The molecule has 2 aromatic heterocycles. The molecular weight excluding hydrogens is 210 g/mol. The van der Waals surface area contributed by atoms with E-state index in [-0.39, 0.29) is 0 Å². The molecule has 0 bridgehead atoms. The van der Waals surface area contributed by atoms with Crippen LogP contribution in [-0.4, -0.2) is 9.97 Å². The lowest BCUT2D eigenvalue weighted by Gasteiger charge is -2.06. The van der Waals surface area contributed by atoms with Gasteiger partial charge in [-0.25, -0.2) is 0 Å². The van der Waals surface area contributed by atoms with Gasteiger partial charge in [0.15, 0.2) is 0 Å². The highest BCUT2D eigenvalue weighted by Crippen LogP contribution is 2.18. The molecule has 0 radical (unpaired) electrons. The van der Waals surface area contributed by atoms with Gasteiger partial charge in [0.25, 0.3) is 0 Å². The molecule has 84 valence electrons. The van der Waals surface area contributed by atoms with Crippen LogP contribution in [0.3, 0.4) is 0 Å². The third kappa shape index (κ3) is 2.13. The molecule has 3 nitrogen and oxygen atoms in total. The number of aromatic nitrogens is 2. The standard InChI is InChI=1S/C14H13N3/c1-2-14-12(5-8-16-14)9-13(1)17-10-11-3-6-15-7-4-11/h1-9,16-17H,10H2. The molecule has 3 aromatic rings. The molecule has 2 N–H and O–H groups in total. The van der Waals surface area contributed by atoms with Crippen molar-refractivity contribution in [3.8, 4) is 0 Å². The van der Waals surface area contributed by atoms with Crippen molar-refractivity contribution < 1.29 is 0 Å². The van der Waals surface area contributed by atoms with Gasteiger partial charge in [-0.15, -0.1) is 0 Å². The van der Waals surface area contributed by atoms with Crippen molar-refractivity contribution in [2.75, 3.05) is 5.32 Å². The van der Waals surface area contributed by atoms with Crippen molar-refractivity contribution in [3.63, 3.8) is 0 Å². The SMILES string of the molecule is c1cc(CNc2ccc3[nH]ccc3c2)ccn1. The van der Waals surface area contributed by atoms with Crippen molar-refractivity contribution in [2.45, 2.75) is 6.54 Å². The highest BCUT2D eigenvalue weighted by molar-refractivity contribution is 5.82. The second-order valence-electron chi connectivity index (χ2n) is 3.99. The van der Waals surface area contributed by atoms with Gasteiger partial charge in [0, 0.05) is 41.7 Å². The Labute approximate surface area is 99.5 Å². The minimum Gasteiger partial charge on any atom is -0.381 e. The van der Waals surface area contributed by atoms with E-state index >= 15 is 0 Å². The van der Waals surface area contributed by atoms with Crippen LogP contribution in [0.2, 0.25) is 0 Å². The van der Waals surface area contributed by atoms with E-state index in [1.165, 1.54) is 16.5 Å². The molecule has 0 atom stereocenters. The van der Waals surface area contributed by atoms with Crippen LogP contribution in [-0.2, 0) is 6.54 Å². The first-order valence-corrected chi connectivity index (χ1v) is 5.62. The van der Waals surface area contributed by atoms with Gasteiger partial charge in [0.2, 0.25) is 0 Å². The van der Waals surface area contributed by atoms with Gasteiger partial charge in [-0.2, -0.15) is 0 Å². The minimum atomic E-state index is 0.818. The third-order valence-electron chi connectivity index (χ3n) is 2.80. The fraction of sp³-hybridized carbons (Fsp3) is 0.0714.